The number of hydrogen-bond acceptors (Lipinski definition) is 5. The molecule has 0 aliphatic carbocycles. The van der Waals surface area contributed by atoms with Gasteiger partial charge in [0.1, 0.15) is 0 Å². The van der Waals surface area contributed by atoms with Crippen molar-refractivity contribution in [3.8, 4) is 11.6 Å². The highest BCUT2D eigenvalue weighted by atomic mass is 79.9. The molecule has 0 fully saturated rings. The van der Waals surface area contributed by atoms with Gasteiger partial charge >= 0.3 is 0 Å². The van der Waals surface area contributed by atoms with Gasteiger partial charge in [-0.2, -0.15) is 0 Å². The molecular weight excluding hydrogens is 298 g/mol. The zero-order valence-corrected chi connectivity index (χ0v) is 12.1. The maximum atomic E-state index is 5.41. The van der Waals surface area contributed by atoms with Crippen LogP contribution in [0.25, 0.3) is 11.6 Å². The Hall–Kier alpha value is -1.27. The number of nitrogens with zero attached hydrogens (tertiary/aromatic N) is 3. The average Bonchev–Trinajstić information content (AvgIpc) is 2.72. The van der Waals surface area contributed by atoms with E-state index in [0.717, 1.165) is 21.4 Å². The van der Waals surface area contributed by atoms with Crippen molar-refractivity contribution in [2.24, 2.45) is 0 Å². The van der Waals surface area contributed by atoms with Crippen LogP contribution in [0, 0.1) is 13.8 Å². The Morgan fingerprint density at radius 1 is 1.33 bits per heavy atom. The zero-order chi connectivity index (χ0) is 13.1. The van der Waals surface area contributed by atoms with Gasteiger partial charge in [-0.3, -0.25) is 0 Å². The van der Waals surface area contributed by atoms with Crippen LogP contribution in [0.2, 0.25) is 0 Å². The molecule has 6 heteroatoms. The standard InChI is InChI=1S/C12H14BrN3O2/c1-4-17-6-9-7(2)16-18-11(9)12-14-5-10(13)8(3)15-12/h5H,4,6H2,1-3H3. The van der Waals surface area contributed by atoms with Crippen LogP contribution >= 0.6 is 15.9 Å². The molecular formula is C12H14BrN3O2. The molecule has 5 nitrogen and oxygen atoms in total. The molecule has 18 heavy (non-hydrogen) atoms. The van der Waals surface area contributed by atoms with Crippen molar-refractivity contribution in [1.82, 2.24) is 15.1 Å². The Bertz CT molecular complexity index is 554. The van der Waals surface area contributed by atoms with Gasteiger partial charge in [0.15, 0.2) is 5.82 Å². The lowest BCUT2D eigenvalue weighted by atomic mass is 10.2. The fourth-order valence-electron chi connectivity index (χ4n) is 1.50. The molecule has 96 valence electrons. The number of hydrogen-bond donors (Lipinski definition) is 0. The smallest absolute Gasteiger partial charge is 0.209 e. The third kappa shape index (κ3) is 2.59. The molecule has 0 aliphatic heterocycles. The largest absolute Gasteiger partial charge is 0.377 e. The van der Waals surface area contributed by atoms with Gasteiger partial charge < -0.3 is 9.26 Å². The van der Waals surface area contributed by atoms with E-state index in [0.29, 0.717) is 24.8 Å². The second kappa shape index (κ2) is 5.58. The molecule has 2 aromatic heterocycles. The Morgan fingerprint density at radius 3 is 2.78 bits per heavy atom. The summed E-state index contributed by atoms with van der Waals surface area (Å²) in [6.07, 6.45) is 1.71. The van der Waals surface area contributed by atoms with Crippen molar-refractivity contribution in [2.45, 2.75) is 27.4 Å². The van der Waals surface area contributed by atoms with E-state index in [-0.39, 0.29) is 0 Å². The molecule has 0 saturated heterocycles. The zero-order valence-electron chi connectivity index (χ0n) is 10.5. The average molecular weight is 312 g/mol. The minimum absolute atomic E-state index is 0.458. The number of aromatic nitrogens is 3. The van der Waals surface area contributed by atoms with E-state index in [1.807, 2.05) is 20.8 Å². The van der Waals surface area contributed by atoms with Crippen LogP contribution < -0.4 is 0 Å². The van der Waals surface area contributed by atoms with Gasteiger partial charge in [-0.15, -0.1) is 0 Å². The maximum Gasteiger partial charge on any atom is 0.209 e. The van der Waals surface area contributed by atoms with Crippen LogP contribution in [-0.4, -0.2) is 21.7 Å². The number of aryl methyl sites for hydroxylation is 2. The Kier molecular flexibility index (Phi) is 4.08. The van der Waals surface area contributed by atoms with Gasteiger partial charge in [0.05, 0.1) is 28.0 Å². The molecule has 0 N–H and O–H groups in total. The van der Waals surface area contributed by atoms with Gasteiger partial charge in [0.25, 0.3) is 0 Å². The summed E-state index contributed by atoms with van der Waals surface area (Å²) in [5.74, 6) is 1.11. The predicted molar refractivity (Wildman–Crippen MR) is 70.0 cm³/mol. The molecule has 0 saturated carbocycles. The summed E-state index contributed by atoms with van der Waals surface area (Å²) in [4.78, 5) is 8.62. The highest BCUT2D eigenvalue weighted by molar-refractivity contribution is 9.10. The van der Waals surface area contributed by atoms with Gasteiger partial charge in [-0.05, 0) is 36.7 Å². The lowest BCUT2D eigenvalue weighted by Crippen LogP contribution is -1.98. The van der Waals surface area contributed by atoms with E-state index in [1.54, 1.807) is 6.20 Å². The van der Waals surface area contributed by atoms with Gasteiger partial charge in [-0.1, -0.05) is 5.16 Å². The Morgan fingerprint density at radius 2 is 2.11 bits per heavy atom. The lowest BCUT2D eigenvalue weighted by molar-refractivity contribution is 0.133. The van der Waals surface area contributed by atoms with Crippen molar-refractivity contribution >= 4 is 15.9 Å². The molecule has 0 spiro atoms. The molecule has 0 bridgehead atoms. The van der Waals surface area contributed by atoms with Crippen molar-refractivity contribution < 1.29 is 9.26 Å². The minimum Gasteiger partial charge on any atom is -0.377 e. The monoisotopic (exact) mass is 311 g/mol. The van der Waals surface area contributed by atoms with Crippen LogP contribution in [0.3, 0.4) is 0 Å². The predicted octanol–water partition coefficient (Wildman–Crippen LogP) is 3.05. The molecule has 0 aromatic carbocycles. The number of halogens is 1. The molecule has 2 aromatic rings. The first-order chi connectivity index (χ1) is 8.63. The van der Waals surface area contributed by atoms with Crippen LogP contribution in [0.5, 0.6) is 0 Å². The molecule has 2 heterocycles. The molecule has 0 amide bonds. The van der Waals surface area contributed by atoms with E-state index >= 15 is 0 Å². The first kappa shape index (κ1) is 13.2. The molecule has 0 radical (unpaired) electrons. The summed E-state index contributed by atoms with van der Waals surface area (Å²) >= 11 is 3.37. The summed E-state index contributed by atoms with van der Waals surface area (Å²) in [6.45, 7) is 6.83. The van der Waals surface area contributed by atoms with E-state index in [1.165, 1.54) is 0 Å². The third-order valence-electron chi connectivity index (χ3n) is 2.56. The van der Waals surface area contributed by atoms with Crippen LogP contribution in [0.4, 0.5) is 0 Å². The number of rotatable bonds is 4. The van der Waals surface area contributed by atoms with E-state index < -0.39 is 0 Å². The molecule has 0 atom stereocenters. The summed E-state index contributed by atoms with van der Waals surface area (Å²) < 4.78 is 11.6. The first-order valence-electron chi connectivity index (χ1n) is 5.65. The van der Waals surface area contributed by atoms with Gasteiger partial charge in [-0.25, -0.2) is 9.97 Å². The highest BCUT2D eigenvalue weighted by Gasteiger charge is 2.17. The van der Waals surface area contributed by atoms with Crippen LogP contribution in [-0.2, 0) is 11.3 Å². The molecule has 0 unspecified atom stereocenters. The second-order valence-electron chi connectivity index (χ2n) is 3.84. The van der Waals surface area contributed by atoms with Crippen molar-refractivity contribution in [1.29, 1.82) is 0 Å². The topological polar surface area (TPSA) is 61.0 Å². The maximum absolute atomic E-state index is 5.41. The summed E-state index contributed by atoms with van der Waals surface area (Å²) in [5, 5.41) is 3.95. The quantitative estimate of drug-likeness (QED) is 0.868. The van der Waals surface area contributed by atoms with Gasteiger partial charge in [0, 0.05) is 12.8 Å². The van der Waals surface area contributed by atoms with E-state index in [2.05, 4.69) is 31.1 Å². The summed E-state index contributed by atoms with van der Waals surface area (Å²) in [7, 11) is 0. The SMILES string of the molecule is CCOCc1c(C)noc1-c1ncc(Br)c(C)n1. The van der Waals surface area contributed by atoms with Crippen molar-refractivity contribution in [3.63, 3.8) is 0 Å². The Labute approximate surface area is 114 Å². The molecule has 2 rings (SSSR count). The third-order valence-corrected chi connectivity index (χ3v) is 3.34. The summed E-state index contributed by atoms with van der Waals surface area (Å²) in [5.41, 5.74) is 2.57. The first-order valence-corrected chi connectivity index (χ1v) is 6.45. The van der Waals surface area contributed by atoms with Crippen molar-refractivity contribution in [2.75, 3.05) is 6.61 Å². The van der Waals surface area contributed by atoms with Gasteiger partial charge in [0.2, 0.25) is 5.76 Å². The van der Waals surface area contributed by atoms with Crippen LogP contribution in [0.1, 0.15) is 23.9 Å². The fraction of sp³-hybridized carbons (Fsp3) is 0.417. The van der Waals surface area contributed by atoms with E-state index in [9.17, 15) is 0 Å². The Balaban J connectivity index is 2.40. The summed E-state index contributed by atoms with van der Waals surface area (Å²) in [6, 6.07) is 0. The fourth-order valence-corrected chi connectivity index (χ4v) is 1.69. The lowest BCUT2D eigenvalue weighted by Gasteiger charge is -2.03. The highest BCUT2D eigenvalue weighted by Crippen LogP contribution is 2.25. The molecule has 0 aliphatic rings. The minimum atomic E-state index is 0.458. The van der Waals surface area contributed by atoms with Crippen molar-refractivity contribution in [3.05, 3.63) is 27.6 Å². The second-order valence-corrected chi connectivity index (χ2v) is 4.69. The van der Waals surface area contributed by atoms with E-state index in [4.69, 9.17) is 9.26 Å². The normalized spacial score (nSPS) is 10.9. The van der Waals surface area contributed by atoms with Crippen LogP contribution in [0.15, 0.2) is 15.2 Å². The number of ether oxygens (including phenoxy) is 1.